The van der Waals surface area contributed by atoms with Gasteiger partial charge in [-0.25, -0.2) is 0 Å². The number of rotatable bonds is 4. The Bertz CT molecular complexity index is 984. The Morgan fingerprint density at radius 1 is 0.750 bits per heavy atom. The highest BCUT2D eigenvalue weighted by atomic mass is 16.1. The summed E-state index contributed by atoms with van der Waals surface area (Å²) in [4.78, 5) is 13.1. The molecule has 0 unspecified atom stereocenters. The number of aromatic nitrogens is 1. The number of hydrogen-bond acceptors (Lipinski definition) is 1. The standard InChI is InChI=1S/C22H17NO/c24-22(18-11-5-2-6-12-18)21-20-14-8-7-13-19(20)16-23(21)15-17-9-3-1-4-10-17/h1-14,16H,15H2. The summed E-state index contributed by atoms with van der Waals surface area (Å²) in [5, 5.41) is 2.09. The van der Waals surface area contributed by atoms with Crippen LogP contribution in [-0.4, -0.2) is 10.4 Å². The van der Waals surface area contributed by atoms with Gasteiger partial charge in [-0.3, -0.25) is 4.79 Å². The Morgan fingerprint density at radius 2 is 1.38 bits per heavy atom. The largest absolute Gasteiger partial charge is 0.339 e. The van der Waals surface area contributed by atoms with E-state index in [1.807, 2.05) is 66.7 Å². The van der Waals surface area contributed by atoms with Crippen LogP contribution in [0.1, 0.15) is 21.6 Å². The van der Waals surface area contributed by atoms with Gasteiger partial charge in [0.25, 0.3) is 0 Å². The fraction of sp³-hybridized carbons (Fsp3) is 0.0455. The minimum Gasteiger partial charge on any atom is -0.339 e. The second-order valence-corrected chi connectivity index (χ2v) is 5.87. The molecule has 0 spiro atoms. The van der Waals surface area contributed by atoms with Gasteiger partial charge in [0.1, 0.15) is 0 Å². The molecule has 1 heterocycles. The summed E-state index contributed by atoms with van der Waals surface area (Å²) in [5.74, 6) is 0.0627. The molecule has 0 aliphatic carbocycles. The third-order valence-corrected chi connectivity index (χ3v) is 4.24. The summed E-state index contributed by atoms with van der Waals surface area (Å²) in [6.07, 6.45) is 2.07. The molecule has 2 heteroatoms. The number of carbonyl (C=O) groups excluding carboxylic acids is 1. The highest BCUT2D eigenvalue weighted by Gasteiger charge is 2.18. The first-order chi connectivity index (χ1) is 11.8. The number of fused-ring (bicyclic) bond motifs is 1. The van der Waals surface area contributed by atoms with Crippen molar-refractivity contribution >= 4 is 16.6 Å². The maximum atomic E-state index is 13.1. The number of benzene rings is 3. The van der Waals surface area contributed by atoms with Crippen LogP contribution in [0.15, 0.2) is 91.1 Å². The lowest BCUT2D eigenvalue weighted by Crippen LogP contribution is -2.10. The van der Waals surface area contributed by atoms with Gasteiger partial charge >= 0.3 is 0 Å². The fourth-order valence-electron chi connectivity index (χ4n) is 3.10. The van der Waals surface area contributed by atoms with Gasteiger partial charge < -0.3 is 4.57 Å². The summed E-state index contributed by atoms with van der Waals surface area (Å²) in [6, 6.07) is 27.8. The van der Waals surface area contributed by atoms with Crippen molar-refractivity contribution in [1.29, 1.82) is 0 Å². The molecule has 4 aromatic rings. The monoisotopic (exact) mass is 311 g/mol. The minimum atomic E-state index is 0.0627. The Balaban J connectivity index is 1.86. The lowest BCUT2D eigenvalue weighted by atomic mass is 10.0. The van der Waals surface area contributed by atoms with Crippen LogP contribution in [0.2, 0.25) is 0 Å². The summed E-state index contributed by atoms with van der Waals surface area (Å²) < 4.78 is 2.06. The van der Waals surface area contributed by atoms with Crippen LogP contribution < -0.4 is 0 Å². The molecular formula is C22H17NO. The van der Waals surface area contributed by atoms with Crippen molar-refractivity contribution in [2.45, 2.75) is 6.54 Å². The van der Waals surface area contributed by atoms with Crippen molar-refractivity contribution in [3.8, 4) is 0 Å². The maximum absolute atomic E-state index is 13.1. The molecule has 4 rings (SSSR count). The van der Waals surface area contributed by atoms with Crippen LogP contribution in [0.5, 0.6) is 0 Å². The molecule has 0 aliphatic heterocycles. The molecule has 0 bridgehead atoms. The first kappa shape index (κ1) is 14.5. The average Bonchev–Trinajstić information content (AvgIpc) is 3.00. The van der Waals surface area contributed by atoms with Gasteiger partial charge in [0.05, 0.1) is 5.69 Å². The zero-order valence-electron chi connectivity index (χ0n) is 13.2. The van der Waals surface area contributed by atoms with E-state index in [1.165, 1.54) is 5.56 Å². The van der Waals surface area contributed by atoms with Gasteiger partial charge in [-0.05, 0) is 5.56 Å². The summed E-state index contributed by atoms with van der Waals surface area (Å²) >= 11 is 0. The van der Waals surface area contributed by atoms with E-state index in [-0.39, 0.29) is 5.78 Å². The topological polar surface area (TPSA) is 22.0 Å². The highest BCUT2D eigenvalue weighted by molar-refractivity contribution is 6.15. The molecule has 0 saturated heterocycles. The molecule has 3 aromatic carbocycles. The molecule has 2 nitrogen and oxygen atoms in total. The first-order valence-electron chi connectivity index (χ1n) is 8.04. The SMILES string of the molecule is O=C(c1ccccc1)c1c2ccccc2cn1Cc1ccccc1. The van der Waals surface area contributed by atoms with Crippen LogP contribution >= 0.6 is 0 Å². The van der Waals surface area contributed by atoms with Gasteiger partial charge in [-0.2, -0.15) is 0 Å². The average molecular weight is 311 g/mol. The maximum Gasteiger partial charge on any atom is 0.210 e. The Labute approximate surface area is 141 Å². The highest BCUT2D eigenvalue weighted by Crippen LogP contribution is 2.24. The van der Waals surface area contributed by atoms with Gasteiger partial charge in [0.2, 0.25) is 5.78 Å². The van der Waals surface area contributed by atoms with Crippen molar-refractivity contribution in [3.63, 3.8) is 0 Å². The van der Waals surface area contributed by atoms with Crippen molar-refractivity contribution in [3.05, 3.63) is 108 Å². The molecular weight excluding hydrogens is 294 g/mol. The molecule has 0 amide bonds. The van der Waals surface area contributed by atoms with E-state index in [2.05, 4.69) is 29.0 Å². The van der Waals surface area contributed by atoms with E-state index in [9.17, 15) is 4.79 Å². The summed E-state index contributed by atoms with van der Waals surface area (Å²) in [6.45, 7) is 0.684. The molecule has 0 aliphatic rings. The second-order valence-electron chi connectivity index (χ2n) is 5.87. The number of hydrogen-bond donors (Lipinski definition) is 0. The van der Waals surface area contributed by atoms with E-state index in [4.69, 9.17) is 0 Å². The van der Waals surface area contributed by atoms with Crippen LogP contribution in [0.3, 0.4) is 0 Å². The van der Waals surface area contributed by atoms with Gasteiger partial charge in [-0.1, -0.05) is 84.9 Å². The van der Waals surface area contributed by atoms with Crippen molar-refractivity contribution in [2.24, 2.45) is 0 Å². The molecule has 0 N–H and O–H groups in total. The van der Waals surface area contributed by atoms with Crippen LogP contribution in [0, 0.1) is 0 Å². The second kappa shape index (κ2) is 6.17. The smallest absolute Gasteiger partial charge is 0.210 e. The zero-order chi connectivity index (χ0) is 16.4. The van der Waals surface area contributed by atoms with Gasteiger partial charge in [0, 0.05) is 29.1 Å². The van der Waals surface area contributed by atoms with E-state index in [1.54, 1.807) is 0 Å². The quantitative estimate of drug-likeness (QED) is 0.490. The number of ketones is 1. The molecule has 0 radical (unpaired) electrons. The van der Waals surface area contributed by atoms with E-state index in [0.717, 1.165) is 22.0 Å². The summed E-state index contributed by atoms with van der Waals surface area (Å²) in [7, 11) is 0. The van der Waals surface area contributed by atoms with Crippen molar-refractivity contribution in [1.82, 2.24) is 4.57 Å². The number of carbonyl (C=O) groups is 1. The molecule has 0 atom stereocenters. The molecule has 0 fully saturated rings. The van der Waals surface area contributed by atoms with Crippen LogP contribution in [0.25, 0.3) is 10.8 Å². The predicted molar refractivity (Wildman–Crippen MR) is 97.4 cm³/mol. The fourth-order valence-corrected chi connectivity index (χ4v) is 3.10. The molecule has 0 saturated carbocycles. The van der Waals surface area contributed by atoms with Crippen molar-refractivity contribution in [2.75, 3.05) is 0 Å². The van der Waals surface area contributed by atoms with Crippen LogP contribution in [0.4, 0.5) is 0 Å². The third-order valence-electron chi connectivity index (χ3n) is 4.24. The van der Waals surface area contributed by atoms with Gasteiger partial charge in [0.15, 0.2) is 0 Å². The molecule has 24 heavy (non-hydrogen) atoms. The van der Waals surface area contributed by atoms with E-state index >= 15 is 0 Å². The van der Waals surface area contributed by atoms with Crippen LogP contribution in [-0.2, 0) is 6.54 Å². The lowest BCUT2D eigenvalue weighted by Gasteiger charge is -2.09. The number of nitrogens with zero attached hydrogens (tertiary/aromatic N) is 1. The first-order valence-corrected chi connectivity index (χ1v) is 8.04. The van der Waals surface area contributed by atoms with E-state index < -0.39 is 0 Å². The zero-order valence-corrected chi connectivity index (χ0v) is 13.2. The normalized spacial score (nSPS) is 10.8. The molecule has 116 valence electrons. The predicted octanol–water partition coefficient (Wildman–Crippen LogP) is 4.92. The Hall–Kier alpha value is -3.13. The van der Waals surface area contributed by atoms with E-state index in [0.29, 0.717) is 6.54 Å². The minimum absolute atomic E-state index is 0.0627. The lowest BCUT2D eigenvalue weighted by molar-refractivity contribution is 0.103. The third kappa shape index (κ3) is 2.63. The summed E-state index contributed by atoms with van der Waals surface area (Å²) in [5.41, 5.74) is 2.65. The van der Waals surface area contributed by atoms with Crippen molar-refractivity contribution < 1.29 is 4.79 Å². The van der Waals surface area contributed by atoms with Gasteiger partial charge in [-0.15, -0.1) is 0 Å². The Kier molecular flexibility index (Phi) is 3.72. The molecule has 1 aromatic heterocycles. The Morgan fingerprint density at radius 3 is 2.12 bits per heavy atom.